The van der Waals surface area contributed by atoms with Gasteiger partial charge in [-0.25, -0.2) is 4.98 Å². The normalized spacial score (nSPS) is 15.9. The highest BCUT2D eigenvalue weighted by atomic mass is 16.5. The molecule has 2 aliphatic heterocycles. The number of amides is 1. The average molecular weight is 472 g/mol. The Hall–Kier alpha value is -3.82. The van der Waals surface area contributed by atoms with Crippen LogP contribution < -0.4 is 16.0 Å². The van der Waals surface area contributed by atoms with Gasteiger partial charge in [-0.2, -0.15) is 0 Å². The lowest BCUT2D eigenvalue weighted by atomic mass is 9.99. The summed E-state index contributed by atoms with van der Waals surface area (Å²) in [6, 6.07) is 11.0. The number of nitrogens with zero attached hydrogens (tertiary/aromatic N) is 4. The fourth-order valence-corrected chi connectivity index (χ4v) is 4.23. The van der Waals surface area contributed by atoms with Gasteiger partial charge in [-0.05, 0) is 41.8 Å². The smallest absolute Gasteiger partial charge is 0.274 e. The molecule has 0 spiro atoms. The molecule has 1 amide bonds. The van der Waals surface area contributed by atoms with Crippen molar-refractivity contribution < 1.29 is 9.53 Å². The van der Waals surface area contributed by atoms with Crippen LogP contribution in [-0.2, 0) is 16.1 Å². The molecule has 1 aromatic carbocycles. The van der Waals surface area contributed by atoms with Crippen LogP contribution in [0.25, 0.3) is 11.1 Å². The number of hydrogen-bond donors (Lipinski definition) is 3. The zero-order chi connectivity index (χ0) is 24.2. The molecule has 2 fully saturated rings. The summed E-state index contributed by atoms with van der Waals surface area (Å²) in [5, 5.41) is 11.3. The van der Waals surface area contributed by atoms with Crippen molar-refractivity contribution >= 4 is 28.8 Å². The SMILES string of the molecule is N=C(C(=O)Nc1ccnc(N2CCC2)c1)c1cc(-c2cncc(CN3CCOCC3)c2)ccc1N. The summed E-state index contributed by atoms with van der Waals surface area (Å²) < 4.78 is 5.43. The van der Waals surface area contributed by atoms with Gasteiger partial charge in [0.25, 0.3) is 5.91 Å². The van der Waals surface area contributed by atoms with Gasteiger partial charge in [0.2, 0.25) is 0 Å². The second-order valence-electron chi connectivity index (χ2n) is 8.84. The number of ether oxygens (including phenoxy) is 1. The summed E-state index contributed by atoms with van der Waals surface area (Å²) in [7, 11) is 0. The fourth-order valence-electron chi connectivity index (χ4n) is 4.23. The zero-order valence-corrected chi connectivity index (χ0v) is 19.5. The molecule has 0 bridgehead atoms. The zero-order valence-electron chi connectivity index (χ0n) is 19.5. The van der Waals surface area contributed by atoms with E-state index >= 15 is 0 Å². The van der Waals surface area contributed by atoms with E-state index in [0.717, 1.165) is 74.9 Å². The predicted molar refractivity (Wildman–Crippen MR) is 137 cm³/mol. The van der Waals surface area contributed by atoms with Gasteiger partial charge in [0.1, 0.15) is 11.5 Å². The van der Waals surface area contributed by atoms with E-state index < -0.39 is 5.91 Å². The molecule has 180 valence electrons. The molecule has 2 aliphatic rings. The van der Waals surface area contributed by atoms with Gasteiger partial charge in [-0.3, -0.25) is 20.1 Å². The first kappa shape index (κ1) is 22.9. The minimum Gasteiger partial charge on any atom is -0.398 e. The summed E-state index contributed by atoms with van der Waals surface area (Å²) in [6.45, 7) is 6.03. The number of aromatic nitrogens is 2. The van der Waals surface area contributed by atoms with Gasteiger partial charge >= 0.3 is 0 Å². The van der Waals surface area contributed by atoms with E-state index in [9.17, 15) is 4.79 Å². The number of benzene rings is 1. The molecule has 0 saturated carbocycles. The summed E-state index contributed by atoms with van der Waals surface area (Å²) in [5.41, 5.74) is 10.2. The Balaban J connectivity index is 1.32. The lowest BCUT2D eigenvalue weighted by molar-refractivity contribution is -0.110. The number of rotatable bonds is 7. The lowest BCUT2D eigenvalue weighted by Gasteiger charge is -2.32. The molecule has 5 rings (SSSR count). The predicted octanol–water partition coefficient (Wildman–Crippen LogP) is 2.77. The number of morpholine rings is 1. The molecule has 9 heteroatoms. The maximum absolute atomic E-state index is 12.9. The quantitative estimate of drug-likeness (QED) is 0.358. The van der Waals surface area contributed by atoms with Crippen LogP contribution in [0.5, 0.6) is 0 Å². The van der Waals surface area contributed by atoms with Crippen LogP contribution in [0.3, 0.4) is 0 Å². The molecule has 4 N–H and O–H groups in total. The van der Waals surface area contributed by atoms with Gasteiger partial charge in [-0.1, -0.05) is 6.07 Å². The van der Waals surface area contributed by atoms with Gasteiger partial charge < -0.3 is 20.7 Å². The minimum absolute atomic E-state index is 0.191. The van der Waals surface area contributed by atoms with Gasteiger partial charge in [0, 0.05) is 79.9 Å². The van der Waals surface area contributed by atoms with Crippen molar-refractivity contribution in [2.24, 2.45) is 0 Å². The van der Waals surface area contributed by atoms with Gasteiger partial charge in [0.05, 0.1) is 13.2 Å². The number of anilines is 3. The molecule has 0 unspecified atom stereocenters. The van der Waals surface area contributed by atoms with Gasteiger partial charge in [0.15, 0.2) is 0 Å². The molecule has 0 radical (unpaired) electrons. The number of pyridine rings is 2. The Labute approximate surface area is 204 Å². The van der Waals surface area contributed by atoms with Crippen molar-refractivity contribution in [1.82, 2.24) is 14.9 Å². The summed E-state index contributed by atoms with van der Waals surface area (Å²) in [6.07, 6.45) is 6.47. The summed E-state index contributed by atoms with van der Waals surface area (Å²) in [5.74, 6) is 0.306. The van der Waals surface area contributed by atoms with E-state index in [-0.39, 0.29) is 5.71 Å². The molecule has 9 nitrogen and oxygen atoms in total. The van der Waals surface area contributed by atoms with E-state index in [2.05, 4.69) is 31.2 Å². The maximum Gasteiger partial charge on any atom is 0.274 e. The standard InChI is InChI=1S/C26H29N7O2/c27-23-3-2-19(20-12-18(15-29-16-20)17-32-8-10-35-11-9-32)13-22(23)25(28)26(34)31-21-4-5-30-24(14-21)33-6-1-7-33/h2-5,12-16,28H,1,6-11,17,27H2,(H,30,31,34). The van der Waals surface area contributed by atoms with Crippen molar-refractivity contribution in [3.8, 4) is 11.1 Å². The first-order valence-corrected chi connectivity index (χ1v) is 11.8. The second-order valence-corrected chi connectivity index (χ2v) is 8.84. The molecule has 2 saturated heterocycles. The van der Waals surface area contributed by atoms with Crippen LogP contribution in [0.15, 0.2) is 55.0 Å². The van der Waals surface area contributed by atoms with E-state index in [1.165, 1.54) is 0 Å². The molecule has 4 heterocycles. The lowest BCUT2D eigenvalue weighted by Crippen LogP contribution is -2.37. The van der Waals surface area contributed by atoms with Crippen LogP contribution in [0.2, 0.25) is 0 Å². The largest absolute Gasteiger partial charge is 0.398 e. The number of nitrogens with two attached hydrogens (primary N) is 1. The monoisotopic (exact) mass is 471 g/mol. The van der Waals surface area contributed by atoms with E-state index in [1.807, 2.05) is 18.3 Å². The molecule has 0 atom stereocenters. The average Bonchev–Trinajstić information content (AvgIpc) is 2.84. The van der Waals surface area contributed by atoms with Crippen LogP contribution in [0, 0.1) is 5.41 Å². The molecular weight excluding hydrogens is 442 g/mol. The third kappa shape index (κ3) is 5.31. The summed E-state index contributed by atoms with van der Waals surface area (Å²) in [4.78, 5) is 26.2. The Morgan fingerprint density at radius 3 is 2.66 bits per heavy atom. The Morgan fingerprint density at radius 2 is 1.89 bits per heavy atom. The topological polar surface area (TPSA) is 120 Å². The molecule has 0 aliphatic carbocycles. The Morgan fingerprint density at radius 1 is 1.06 bits per heavy atom. The third-order valence-corrected chi connectivity index (χ3v) is 6.37. The van der Waals surface area contributed by atoms with Crippen molar-refractivity contribution in [2.45, 2.75) is 13.0 Å². The van der Waals surface area contributed by atoms with E-state index in [1.54, 1.807) is 30.6 Å². The second kappa shape index (κ2) is 10.2. The number of nitrogens with one attached hydrogen (secondary N) is 2. The molecule has 35 heavy (non-hydrogen) atoms. The number of nitrogen functional groups attached to an aromatic ring is 1. The third-order valence-electron chi connectivity index (χ3n) is 6.37. The van der Waals surface area contributed by atoms with Crippen LogP contribution in [0.1, 0.15) is 17.5 Å². The number of carbonyl (C=O) groups is 1. The van der Waals surface area contributed by atoms with E-state index in [4.69, 9.17) is 15.9 Å². The van der Waals surface area contributed by atoms with Crippen LogP contribution in [0.4, 0.5) is 17.2 Å². The number of carbonyl (C=O) groups excluding carboxylic acids is 1. The molecular formula is C26H29N7O2. The Kier molecular flexibility index (Phi) is 6.69. The Bertz CT molecular complexity index is 1240. The fraction of sp³-hybridized carbons (Fsp3) is 0.308. The molecule has 3 aromatic rings. The van der Waals surface area contributed by atoms with E-state index in [0.29, 0.717) is 16.9 Å². The van der Waals surface area contributed by atoms with Crippen molar-refractivity contribution in [3.05, 3.63) is 66.1 Å². The molecule has 2 aromatic heterocycles. The van der Waals surface area contributed by atoms with Crippen molar-refractivity contribution in [2.75, 3.05) is 55.3 Å². The van der Waals surface area contributed by atoms with Crippen molar-refractivity contribution in [3.63, 3.8) is 0 Å². The highest BCUT2D eigenvalue weighted by Crippen LogP contribution is 2.26. The number of hydrogen-bond acceptors (Lipinski definition) is 8. The minimum atomic E-state index is -0.520. The highest BCUT2D eigenvalue weighted by molar-refractivity contribution is 6.48. The first-order valence-electron chi connectivity index (χ1n) is 11.8. The maximum atomic E-state index is 12.9. The van der Waals surface area contributed by atoms with Crippen molar-refractivity contribution in [1.29, 1.82) is 5.41 Å². The summed E-state index contributed by atoms with van der Waals surface area (Å²) >= 11 is 0. The highest BCUT2D eigenvalue weighted by Gasteiger charge is 2.19. The first-order chi connectivity index (χ1) is 17.1. The van der Waals surface area contributed by atoms with Gasteiger partial charge in [-0.15, -0.1) is 0 Å². The van der Waals surface area contributed by atoms with Crippen LogP contribution in [-0.4, -0.2) is 65.9 Å². The van der Waals surface area contributed by atoms with Crippen LogP contribution >= 0.6 is 0 Å².